The number of carbonyl (C=O) groups excluding carboxylic acids is 2. The number of sulfonamides is 1. The van der Waals surface area contributed by atoms with Gasteiger partial charge in [-0.1, -0.05) is 0 Å². The summed E-state index contributed by atoms with van der Waals surface area (Å²) in [5, 5.41) is 4.77. The number of imide groups is 1. The van der Waals surface area contributed by atoms with Gasteiger partial charge in [-0.25, -0.2) is 13.2 Å². The van der Waals surface area contributed by atoms with E-state index in [0.29, 0.717) is 37.6 Å². The molecule has 10 heteroatoms. The van der Waals surface area contributed by atoms with Crippen molar-refractivity contribution in [1.29, 1.82) is 0 Å². The standard InChI is InChI=1S/C16H19N3O6S/c20-14-16(18-15(21)17-14)5-1-6-19(10-16)26(22,23)11-3-4-12-13(9-11)25-8-2-7-24-12/h3-4,9H,1-2,5-8,10H2,(H2,17,18,20,21). The Hall–Kier alpha value is -2.33. The van der Waals surface area contributed by atoms with E-state index in [1.807, 2.05) is 0 Å². The van der Waals surface area contributed by atoms with Crippen molar-refractivity contribution in [3.8, 4) is 11.5 Å². The van der Waals surface area contributed by atoms with Gasteiger partial charge in [0, 0.05) is 25.6 Å². The van der Waals surface area contributed by atoms with E-state index in [-0.39, 0.29) is 18.0 Å². The van der Waals surface area contributed by atoms with E-state index in [9.17, 15) is 18.0 Å². The van der Waals surface area contributed by atoms with Crippen LogP contribution in [0.4, 0.5) is 4.79 Å². The first-order chi connectivity index (χ1) is 12.4. The molecule has 0 radical (unpaired) electrons. The second-order valence-corrected chi connectivity index (χ2v) is 8.53. The number of carbonyl (C=O) groups is 2. The van der Waals surface area contributed by atoms with Crippen LogP contribution in [0.5, 0.6) is 11.5 Å². The highest BCUT2D eigenvalue weighted by molar-refractivity contribution is 7.89. The summed E-state index contributed by atoms with van der Waals surface area (Å²) in [5.41, 5.74) is -1.20. The van der Waals surface area contributed by atoms with Crippen molar-refractivity contribution in [2.75, 3.05) is 26.3 Å². The molecule has 1 aromatic carbocycles. The van der Waals surface area contributed by atoms with Crippen LogP contribution in [0.15, 0.2) is 23.1 Å². The maximum Gasteiger partial charge on any atom is 0.322 e. The highest BCUT2D eigenvalue weighted by Crippen LogP contribution is 2.34. The zero-order valence-electron chi connectivity index (χ0n) is 14.0. The van der Waals surface area contributed by atoms with Crippen LogP contribution in [-0.4, -0.2) is 56.5 Å². The Labute approximate surface area is 150 Å². The van der Waals surface area contributed by atoms with Gasteiger partial charge >= 0.3 is 6.03 Å². The molecule has 3 aliphatic heterocycles. The molecule has 1 atom stereocenters. The SMILES string of the molecule is O=C1NC(=O)C2(CCCN(S(=O)(=O)c3ccc4c(c3)OCCCO4)C2)N1. The Kier molecular flexibility index (Phi) is 4.03. The van der Waals surface area contributed by atoms with E-state index in [1.165, 1.54) is 16.4 Å². The van der Waals surface area contributed by atoms with Crippen LogP contribution in [-0.2, 0) is 14.8 Å². The molecular formula is C16H19N3O6S. The average Bonchev–Trinajstić information content (AvgIpc) is 2.79. The molecule has 2 N–H and O–H groups in total. The first kappa shape index (κ1) is 17.1. The van der Waals surface area contributed by atoms with E-state index in [0.717, 1.165) is 6.42 Å². The van der Waals surface area contributed by atoms with Crippen molar-refractivity contribution in [2.45, 2.75) is 29.7 Å². The van der Waals surface area contributed by atoms with Gasteiger partial charge in [-0.15, -0.1) is 0 Å². The molecule has 2 fully saturated rings. The first-order valence-corrected chi connectivity index (χ1v) is 9.88. The van der Waals surface area contributed by atoms with Crippen LogP contribution in [0, 0.1) is 0 Å². The van der Waals surface area contributed by atoms with Crippen LogP contribution >= 0.6 is 0 Å². The van der Waals surface area contributed by atoms with Crippen molar-refractivity contribution < 1.29 is 27.5 Å². The molecule has 0 saturated carbocycles. The number of urea groups is 1. The van der Waals surface area contributed by atoms with Gasteiger partial charge in [0.2, 0.25) is 10.0 Å². The number of hydrogen-bond donors (Lipinski definition) is 2. The average molecular weight is 381 g/mol. The van der Waals surface area contributed by atoms with Gasteiger partial charge in [0.15, 0.2) is 11.5 Å². The molecule has 2 saturated heterocycles. The lowest BCUT2D eigenvalue weighted by atomic mass is 9.90. The summed E-state index contributed by atoms with van der Waals surface area (Å²) in [7, 11) is -3.85. The molecule has 4 rings (SSSR count). The fraction of sp³-hybridized carbons (Fsp3) is 0.500. The summed E-state index contributed by atoms with van der Waals surface area (Å²) in [6, 6.07) is 3.91. The van der Waals surface area contributed by atoms with Crippen molar-refractivity contribution in [3.63, 3.8) is 0 Å². The molecule has 3 aliphatic rings. The van der Waals surface area contributed by atoms with Gasteiger partial charge in [-0.2, -0.15) is 4.31 Å². The lowest BCUT2D eigenvalue weighted by Crippen LogP contribution is -2.59. The normalized spacial score (nSPS) is 26.3. The topological polar surface area (TPSA) is 114 Å². The van der Waals surface area contributed by atoms with Crippen LogP contribution in [0.3, 0.4) is 0 Å². The molecule has 0 bridgehead atoms. The molecule has 1 unspecified atom stereocenters. The number of nitrogens with zero attached hydrogens (tertiary/aromatic N) is 1. The van der Waals surface area contributed by atoms with E-state index < -0.39 is 27.5 Å². The third-order valence-electron chi connectivity index (χ3n) is 4.83. The summed E-state index contributed by atoms with van der Waals surface area (Å²) in [4.78, 5) is 23.7. The predicted molar refractivity (Wildman–Crippen MR) is 89.4 cm³/mol. The number of ether oxygens (including phenoxy) is 2. The van der Waals surface area contributed by atoms with Crippen LogP contribution < -0.4 is 20.1 Å². The monoisotopic (exact) mass is 381 g/mol. The van der Waals surface area contributed by atoms with E-state index in [4.69, 9.17) is 9.47 Å². The largest absolute Gasteiger partial charge is 0.490 e. The Bertz CT molecular complexity index is 871. The second kappa shape index (κ2) is 6.13. The van der Waals surface area contributed by atoms with Gasteiger partial charge in [-0.3, -0.25) is 10.1 Å². The van der Waals surface area contributed by atoms with Crippen molar-refractivity contribution in [3.05, 3.63) is 18.2 Å². The van der Waals surface area contributed by atoms with Gasteiger partial charge in [0.05, 0.1) is 18.1 Å². The summed E-state index contributed by atoms with van der Waals surface area (Å²) >= 11 is 0. The fourth-order valence-corrected chi connectivity index (χ4v) is 5.04. The van der Waals surface area contributed by atoms with Crippen molar-refractivity contribution >= 4 is 22.0 Å². The number of hydrogen-bond acceptors (Lipinski definition) is 6. The molecule has 0 aliphatic carbocycles. The lowest BCUT2D eigenvalue weighted by molar-refractivity contribution is -0.125. The number of fused-ring (bicyclic) bond motifs is 1. The Morgan fingerprint density at radius 2 is 1.85 bits per heavy atom. The quantitative estimate of drug-likeness (QED) is 0.708. The van der Waals surface area contributed by atoms with Gasteiger partial charge in [0.25, 0.3) is 5.91 Å². The Balaban J connectivity index is 1.63. The molecule has 26 heavy (non-hydrogen) atoms. The first-order valence-electron chi connectivity index (χ1n) is 8.44. The minimum atomic E-state index is -3.85. The van der Waals surface area contributed by atoms with E-state index >= 15 is 0 Å². The number of piperidine rings is 1. The Morgan fingerprint density at radius 1 is 1.08 bits per heavy atom. The van der Waals surface area contributed by atoms with Crippen LogP contribution in [0.2, 0.25) is 0 Å². The molecule has 140 valence electrons. The minimum Gasteiger partial charge on any atom is -0.490 e. The third-order valence-corrected chi connectivity index (χ3v) is 6.67. The molecule has 1 aromatic rings. The maximum atomic E-state index is 13.1. The minimum absolute atomic E-state index is 0.0727. The summed E-state index contributed by atoms with van der Waals surface area (Å²) in [6.07, 6.45) is 1.59. The van der Waals surface area contributed by atoms with Gasteiger partial charge < -0.3 is 14.8 Å². The number of amides is 3. The molecule has 9 nitrogen and oxygen atoms in total. The molecule has 3 amide bonds. The van der Waals surface area contributed by atoms with E-state index in [1.54, 1.807) is 6.07 Å². The van der Waals surface area contributed by atoms with Crippen LogP contribution in [0.25, 0.3) is 0 Å². The zero-order valence-corrected chi connectivity index (χ0v) is 14.8. The summed E-state index contributed by atoms with van der Waals surface area (Å²) in [6.45, 7) is 1.15. The highest BCUT2D eigenvalue weighted by atomic mass is 32.2. The summed E-state index contributed by atoms with van der Waals surface area (Å²) < 4.78 is 38.5. The maximum absolute atomic E-state index is 13.1. The lowest BCUT2D eigenvalue weighted by Gasteiger charge is -2.37. The number of rotatable bonds is 2. The van der Waals surface area contributed by atoms with Crippen LogP contribution in [0.1, 0.15) is 19.3 Å². The summed E-state index contributed by atoms with van der Waals surface area (Å²) in [5.74, 6) is 0.419. The van der Waals surface area contributed by atoms with Crippen molar-refractivity contribution in [2.24, 2.45) is 0 Å². The fourth-order valence-electron chi connectivity index (χ4n) is 3.49. The number of nitrogens with one attached hydrogen (secondary N) is 2. The molecule has 0 aromatic heterocycles. The molecular weight excluding hydrogens is 362 g/mol. The smallest absolute Gasteiger partial charge is 0.322 e. The zero-order chi connectivity index (χ0) is 18.4. The number of benzene rings is 1. The second-order valence-electron chi connectivity index (χ2n) is 6.59. The molecule has 3 heterocycles. The van der Waals surface area contributed by atoms with E-state index in [2.05, 4.69) is 10.6 Å². The Morgan fingerprint density at radius 3 is 2.58 bits per heavy atom. The third kappa shape index (κ3) is 2.78. The highest BCUT2D eigenvalue weighted by Gasteiger charge is 2.50. The van der Waals surface area contributed by atoms with Crippen molar-refractivity contribution in [1.82, 2.24) is 14.9 Å². The van der Waals surface area contributed by atoms with Gasteiger partial charge in [-0.05, 0) is 25.0 Å². The van der Waals surface area contributed by atoms with Gasteiger partial charge in [0.1, 0.15) is 5.54 Å². The predicted octanol–water partition coefficient (Wildman–Crippen LogP) is 0.211. The molecule has 1 spiro atoms.